The number of aromatic nitrogens is 1. The lowest BCUT2D eigenvalue weighted by molar-refractivity contribution is 0.0697. The lowest BCUT2D eigenvalue weighted by Gasteiger charge is -2.07. The fraction of sp³-hybridized carbons (Fsp3) is 0. The van der Waals surface area contributed by atoms with Gasteiger partial charge in [0.2, 0.25) is 0 Å². The van der Waals surface area contributed by atoms with Gasteiger partial charge in [-0.3, -0.25) is 9.78 Å². The molecule has 1 amide bonds. The lowest BCUT2D eigenvalue weighted by atomic mass is 10.2. The number of hydrogen-bond acceptors (Lipinski definition) is 3. The minimum absolute atomic E-state index is 0.0355. The van der Waals surface area contributed by atoms with Crippen molar-refractivity contribution in [1.29, 1.82) is 0 Å². The first-order chi connectivity index (χ1) is 9.49. The number of carbonyl (C=O) groups is 2. The molecule has 1 aromatic carbocycles. The highest BCUT2D eigenvalue weighted by Gasteiger charge is 2.13. The van der Waals surface area contributed by atoms with Crippen LogP contribution < -0.4 is 5.32 Å². The number of nitrogens with one attached hydrogen (secondary N) is 1. The van der Waals surface area contributed by atoms with Gasteiger partial charge in [0.05, 0.1) is 21.2 Å². The Balaban J connectivity index is 2.23. The van der Waals surface area contributed by atoms with Crippen molar-refractivity contribution in [3.8, 4) is 0 Å². The Bertz CT molecular complexity index is 689. The van der Waals surface area contributed by atoms with Crippen LogP contribution in [0.15, 0.2) is 36.7 Å². The number of nitrogens with zero attached hydrogens (tertiary/aromatic N) is 1. The van der Waals surface area contributed by atoms with Crippen molar-refractivity contribution in [3.05, 3.63) is 57.8 Å². The van der Waals surface area contributed by atoms with Gasteiger partial charge in [-0.1, -0.05) is 23.2 Å². The van der Waals surface area contributed by atoms with Crippen LogP contribution in [0.3, 0.4) is 0 Å². The van der Waals surface area contributed by atoms with E-state index in [-0.39, 0.29) is 21.2 Å². The summed E-state index contributed by atoms with van der Waals surface area (Å²) in [6, 6.07) is 5.60. The molecule has 0 saturated heterocycles. The third kappa shape index (κ3) is 3.07. The number of halogens is 2. The maximum atomic E-state index is 12.0. The summed E-state index contributed by atoms with van der Waals surface area (Å²) in [5, 5.41) is 11.7. The molecule has 1 aromatic heterocycles. The van der Waals surface area contributed by atoms with Crippen molar-refractivity contribution >= 4 is 40.8 Å². The molecule has 0 aliphatic rings. The van der Waals surface area contributed by atoms with Gasteiger partial charge in [0, 0.05) is 18.1 Å². The van der Waals surface area contributed by atoms with Gasteiger partial charge in [-0.25, -0.2) is 4.79 Å². The number of carboxylic acid groups (broad SMARTS) is 1. The SMILES string of the molecule is O=C(O)c1ccc(NC(=O)c2ccncc2Cl)cc1Cl. The second-order valence-corrected chi connectivity index (χ2v) is 4.62. The highest BCUT2D eigenvalue weighted by atomic mass is 35.5. The fourth-order valence-corrected chi connectivity index (χ4v) is 1.99. The fourth-order valence-electron chi connectivity index (χ4n) is 1.52. The molecule has 2 aromatic rings. The molecular formula is C13H8Cl2N2O3. The second-order valence-electron chi connectivity index (χ2n) is 3.81. The van der Waals surface area contributed by atoms with Crippen LogP contribution in [0.5, 0.6) is 0 Å². The van der Waals surface area contributed by atoms with Gasteiger partial charge >= 0.3 is 5.97 Å². The van der Waals surface area contributed by atoms with Crippen molar-refractivity contribution in [1.82, 2.24) is 4.98 Å². The zero-order chi connectivity index (χ0) is 14.7. The Labute approximate surface area is 124 Å². The first kappa shape index (κ1) is 14.3. The molecule has 2 N–H and O–H groups in total. The first-order valence-corrected chi connectivity index (χ1v) is 6.18. The number of rotatable bonds is 3. The zero-order valence-corrected chi connectivity index (χ0v) is 11.4. The van der Waals surface area contributed by atoms with Gasteiger partial charge in [-0.2, -0.15) is 0 Å². The third-order valence-corrected chi connectivity index (χ3v) is 3.09. The van der Waals surface area contributed by atoms with E-state index in [1.54, 1.807) is 0 Å². The summed E-state index contributed by atoms with van der Waals surface area (Å²) in [4.78, 5) is 26.6. The van der Waals surface area contributed by atoms with Crippen LogP contribution in [0.4, 0.5) is 5.69 Å². The molecule has 5 nitrogen and oxygen atoms in total. The summed E-state index contributed by atoms with van der Waals surface area (Å²) in [6.07, 6.45) is 2.80. The van der Waals surface area contributed by atoms with Gasteiger partial charge in [0.15, 0.2) is 0 Å². The summed E-state index contributed by atoms with van der Waals surface area (Å²) in [6.45, 7) is 0. The normalized spacial score (nSPS) is 10.1. The summed E-state index contributed by atoms with van der Waals surface area (Å²) >= 11 is 11.7. The number of carbonyl (C=O) groups excluding carboxylic acids is 1. The van der Waals surface area contributed by atoms with Crippen LogP contribution in [0.25, 0.3) is 0 Å². The van der Waals surface area contributed by atoms with E-state index in [4.69, 9.17) is 28.3 Å². The molecular weight excluding hydrogens is 303 g/mol. The number of benzene rings is 1. The van der Waals surface area contributed by atoms with E-state index in [1.807, 2.05) is 0 Å². The Kier molecular flexibility index (Phi) is 4.22. The summed E-state index contributed by atoms with van der Waals surface area (Å²) in [5.74, 6) is -1.57. The van der Waals surface area contributed by atoms with E-state index in [9.17, 15) is 9.59 Å². The van der Waals surface area contributed by atoms with E-state index >= 15 is 0 Å². The molecule has 20 heavy (non-hydrogen) atoms. The van der Waals surface area contributed by atoms with Crippen molar-refractivity contribution in [2.75, 3.05) is 5.32 Å². The largest absolute Gasteiger partial charge is 0.478 e. The molecule has 2 rings (SSSR count). The van der Waals surface area contributed by atoms with Crippen LogP contribution in [0.2, 0.25) is 10.0 Å². The highest BCUT2D eigenvalue weighted by molar-refractivity contribution is 6.35. The van der Waals surface area contributed by atoms with E-state index in [0.717, 1.165) is 0 Å². The standard InChI is InChI=1S/C13H8Cl2N2O3/c14-10-5-7(1-2-9(10)13(19)20)17-12(18)8-3-4-16-6-11(8)15/h1-6H,(H,17,18)(H,19,20). The number of aromatic carboxylic acids is 1. The molecule has 0 fully saturated rings. The molecule has 0 aliphatic heterocycles. The predicted octanol–water partition coefficient (Wildman–Crippen LogP) is 3.34. The Hall–Kier alpha value is -2.11. The van der Waals surface area contributed by atoms with Crippen molar-refractivity contribution in [3.63, 3.8) is 0 Å². The molecule has 0 unspecified atom stereocenters. The molecule has 0 spiro atoms. The molecule has 7 heteroatoms. The van der Waals surface area contributed by atoms with Gasteiger partial charge in [-0.05, 0) is 24.3 Å². The Morgan fingerprint density at radius 2 is 1.85 bits per heavy atom. The van der Waals surface area contributed by atoms with E-state index in [1.165, 1.54) is 36.7 Å². The number of carboxylic acids is 1. The smallest absolute Gasteiger partial charge is 0.337 e. The van der Waals surface area contributed by atoms with E-state index < -0.39 is 11.9 Å². The molecule has 0 aliphatic carbocycles. The van der Waals surface area contributed by atoms with Crippen LogP contribution >= 0.6 is 23.2 Å². The van der Waals surface area contributed by atoms with Crippen LogP contribution in [-0.2, 0) is 0 Å². The van der Waals surface area contributed by atoms with Crippen molar-refractivity contribution < 1.29 is 14.7 Å². The third-order valence-electron chi connectivity index (χ3n) is 2.47. The number of hydrogen-bond donors (Lipinski definition) is 2. The van der Waals surface area contributed by atoms with Gasteiger partial charge in [0.25, 0.3) is 5.91 Å². The molecule has 102 valence electrons. The Morgan fingerprint density at radius 1 is 1.10 bits per heavy atom. The predicted molar refractivity (Wildman–Crippen MR) is 75.6 cm³/mol. The monoisotopic (exact) mass is 310 g/mol. The van der Waals surface area contributed by atoms with Crippen molar-refractivity contribution in [2.45, 2.75) is 0 Å². The first-order valence-electron chi connectivity index (χ1n) is 5.42. The molecule has 1 heterocycles. The van der Waals surface area contributed by atoms with E-state index in [0.29, 0.717) is 5.69 Å². The quantitative estimate of drug-likeness (QED) is 0.911. The number of anilines is 1. The average Bonchev–Trinajstić information content (AvgIpc) is 2.38. The van der Waals surface area contributed by atoms with Gasteiger partial charge in [0.1, 0.15) is 0 Å². The highest BCUT2D eigenvalue weighted by Crippen LogP contribution is 2.22. The van der Waals surface area contributed by atoms with Crippen molar-refractivity contribution in [2.24, 2.45) is 0 Å². The minimum atomic E-state index is -1.13. The van der Waals surface area contributed by atoms with Crippen LogP contribution in [0, 0.1) is 0 Å². The average molecular weight is 311 g/mol. The van der Waals surface area contributed by atoms with Gasteiger partial charge < -0.3 is 10.4 Å². The molecule has 0 bridgehead atoms. The molecule has 0 radical (unpaired) electrons. The number of pyridine rings is 1. The summed E-state index contributed by atoms with van der Waals surface area (Å²) in [7, 11) is 0. The zero-order valence-electron chi connectivity index (χ0n) is 9.93. The minimum Gasteiger partial charge on any atom is -0.478 e. The Morgan fingerprint density at radius 3 is 2.45 bits per heavy atom. The lowest BCUT2D eigenvalue weighted by Crippen LogP contribution is -2.12. The summed E-state index contributed by atoms with van der Waals surface area (Å²) < 4.78 is 0. The topological polar surface area (TPSA) is 79.3 Å². The van der Waals surface area contributed by atoms with E-state index in [2.05, 4.69) is 10.3 Å². The summed E-state index contributed by atoms with van der Waals surface area (Å²) in [5.41, 5.74) is 0.601. The number of amides is 1. The van der Waals surface area contributed by atoms with Gasteiger partial charge in [-0.15, -0.1) is 0 Å². The molecule has 0 atom stereocenters. The molecule has 0 saturated carbocycles. The second kappa shape index (κ2) is 5.90. The van der Waals surface area contributed by atoms with Crippen LogP contribution in [-0.4, -0.2) is 22.0 Å². The van der Waals surface area contributed by atoms with Crippen LogP contribution in [0.1, 0.15) is 20.7 Å². The maximum Gasteiger partial charge on any atom is 0.337 e. The maximum absolute atomic E-state index is 12.0.